The van der Waals surface area contributed by atoms with E-state index in [4.69, 9.17) is 0 Å². The lowest BCUT2D eigenvalue weighted by molar-refractivity contribution is 0.508. The van der Waals surface area contributed by atoms with Crippen LogP contribution in [0.4, 0.5) is 0 Å². The third-order valence-corrected chi connectivity index (χ3v) is 1.66. The van der Waals surface area contributed by atoms with Crippen molar-refractivity contribution in [2.45, 2.75) is 12.8 Å². The molecule has 0 unspecified atom stereocenters. The zero-order valence-corrected chi connectivity index (χ0v) is 4.72. The molecule has 0 aromatic heterocycles. The van der Waals surface area contributed by atoms with Gasteiger partial charge in [0.25, 0.3) is 0 Å². The minimum Gasteiger partial charge on any atom is -0.358 e. The molecule has 2 heterocycles. The number of nitrogens with zero attached hydrogens (tertiary/aromatic N) is 2. The fraction of sp³-hybridized carbons (Fsp3) is 0.667. The molecule has 0 aromatic rings. The van der Waals surface area contributed by atoms with Crippen LogP contribution in [-0.2, 0) is 0 Å². The van der Waals surface area contributed by atoms with Gasteiger partial charge in [-0.05, 0) is 6.42 Å². The molecule has 0 aliphatic carbocycles. The number of aliphatic imine (C=N–C) groups is 1. The summed E-state index contributed by atoms with van der Waals surface area (Å²) in [5.74, 6) is 1.25. The van der Waals surface area contributed by atoms with E-state index >= 15 is 0 Å². The van der Waals surface area contributed by atoms with E-state index in [1.807, 2.05) is 0 Å². The van der Waals surface area contributed by atoms with Crippen molar-refractivity contribution in [3.8, 4) is 0 Å². The summed E-state index contributed by atoms with van der Waals surface area (Å²) in [4.78, 5) is 6.37. The van der Waals surface area contributed by atoms with E-state index in [0.717, 1.165) is 6.54 Å². The second-order valence-electron chi connectivity index (χ2n) is 2.21. The summed E-state index contributed by atoms with van der Waals surface area (Å²) < 4.78 is 0. The lowest BCUT2D eigenvalue weighted by Crippen LogP contribution is -2.19. The van der Waals surface area contributed by atoms with Crippen LogP contribution in [0.5, 0.6) is 0 Å². The summed E-state index contributed by atoms with van der Waals surface area (Å²) in [5, 5.41) is 0. The van der Waals surface area contributed by atoms with Gasteiger partial charge in [0, 0.05) is 19.5 Å². The Bertz CT molecular complexity index is 128. The van der Waals surface area contributed by atoms with E-state index in [-0.39, 0.29) is 0 Å². The summed E-state index contributed by atoms with van der Waals surface area (Å²) >= 11 is 0. The highest BCUT2D eigenvalue weighted by Crippen LogP contribution is 2.16. The maximum atomic E-state index is 4.09. The largest absolute Gasteiger partial charge is 0.358 e. The molecule has 1 fully saturated rings. The summed E-state index contributed by atoms with van der Waals surface area (Å²) in [5.41, 5.74) is 0. The number of hydrogen-bond donors (Lipinski definition) is 0. The molecule has 2 aliphatic heterocycles. The van der Waals surface area contributed by atoms with Crippen molar-refractivity contribution in [2.75, 3.05) is 13.1 Å². The molecule has 0 bridgehead atoms. The van der Waals surface area contributed by atoms with Gasteiger partial charge < -0.3 is 4.90 Å². The molecular formula is C6H8N2. The van der Waals surface area contributed by atoms with Crippen molar-refractivity contribution >= 4 is 5.84 Å². The maximum Gasteiger partial charge on any atom is 0.139 e. The lowest BCUT2D eigenvalue weighted by atomic mass is 10.4. The van der Waals surface area contributed by atoms with Crippen LogP contribution in [0.3, 0.4) is 0 Å². The number of hydrogen-bond acceptors (Lipinski definition) is 2. The highest BCUT2D eigenvalue weighted by Gasteiger charge is 2.21. The zero-order valence-electron chi connectivity index (χ0n) is 4.72. The SMILES string of the molecule is [C]1CN2CCCC2=N1. The smallest absolute Gasteiger partial charge is 0.139 e. The Hall–Kier alpha value is -0.530. The minimum absolute atomic E-state index is 0.940. The van der Waals surface area contributed by atoms with Crippen LogP contribution in [0.2, 0.25) is 0 Å². The van der Waals surface area contributed by atoms with Crippen molar-refractivity contribution in [1.82, 2.24) is 4.90 Å². The van der Waals surface area contributed by atoms with Gasteiger partial charge in [-0.25, -0.2) is 0 Å². The van der Waals surface area contributed by atoms with Crippen LogP contribution in [0.1, 0.15) is 12.8 Å². The quantitative estimate of drug-likeness (QED) is 0.442. The Labute approximate surface area is 49.2 Å². The minimum atomic E-state index is 0.940. The topological polar surface area (TPSA) is 15.6 Å². The highest BCUT2D eigenvalue weighted by molar-refractivity contribution is 5.86. The van der Waals surface area contributed by atoms with Crippen molar-refractivity contribution in [1.29, 1.82) is 0 Å². The first-order valence-corrected chi connectivity index (χ1v) is 3.01. The number of fused-ring (bicyclic) bond motifs is 1. The Balaban J connectivity index is 2.20. The van der Waals surface area contributed by atoms with Crippen LogP contribution in [0, 0.1) is 6.54 Å². The van der Waals surface area contributed by atoms with Crippen LogP contribution in [0.25, 0.3) is 0 Å². The molecule has 0 aromatic carbocycles. The summed E-state index contributed by atoms with van der Waals surface area (Å²) in [7, 11) is 0. The fourth-order valence-corrected chi connectivity index (χ4v) is 1.22. The molecule has 0 atom stereocenters. The third kappa shape index (κ3) is 0.457. The molecule has 0 spiro atoms. The van der Waals surface area contributed by atoms with Gasteiger partial charge in [-0.1, -0.05) is 0 Å². The maximum absolute atomic E-state index is 4.09. The second kappa shape index (κ2) is 1.47. The van der Waals surface area contributed by atoms with Crippen LogP contribution in [0.15, 0.2) is 4.99 Å². The van der Waals surface area contributed by atoms with E-state index in [0.29, 0.717) is 0 Å². The standard InChI is InChI=1S/C6H8N2/c1-2-6-7-3-5-8(6)4-1/h1-2,4-5H2. The average molecular weight is 108 g/mol. The number of amidine groups is 1. The molecule has 0 N–H and O–H groups in total. The molecule has 8 heavy (non-hydrogen) atoms. The Kier molecular flexibility index (Phi) is 0.802. The highest BCUT2D eigenvalue weighted by atomic mass is 15.2. The fourth-order valence-electron chi connectivity index (χ4n) is 1.22. The molecule has 2 rings (SSSR count). The van der Waals surface area contributed by atoms with Crippen molar-refractivity contribution in [3.05, 3.63) is 6.54 Å². The lowest BCUT2D eigenvalue weighted by Gasteiger charge is -2.07. The van der Waals surface area contributed by atoms with E-state index in [1.165, 1.54) is 25.2 Å². The predicted molar refractivity (Wildman–Crippen MR) is 31.5 cm³/mol. The molecule has 2 aliphatic rings. The van der Waals surface area contributed by atoms with Crippen LogP contribution < -0.4 is 0 Å². The molecule has 0 saturated carbocycles. The van der Waals surface area contributed by atoms with Crippen molar-refractivity contribution in [3.63, 3.8) is 0 Å². The monoisotopic (exact) mass is 108 g/mol. The van der Waals surface area contributed by atoms with Gasteiger partial charge in [0.15, 0.2) is 0 Å². The van der Waals surface area contributed by atoms with E-state index in [2.05, 4.69) is 16.4 Å². The van der Waals surface area contributed by atoms with Gasteiger partial charge in [0.2, 0.25) is 0 Å². The van der Waals surface area contributed by atoms with Gasteiger partial charge in [-0.3, -0.25) is 4.99 Å². The van der Waals surface area contributed by atoms with E-state index < -0.39 is 0 Å². The predicted octanol–water partition coefficient (Wildman–Crippen LogP) is 0.533. The first kappa shape index (κ1) is 4.36. The molecular weight excluding hydrogens is 100 g/mol. The average Bonchev–Trinajstić information content (AvgIpc) is 2.15. The number of rotatable bonds is 0. The Morgan fingerprint density at radius 3 is 3.50 bits per heavy atom. The van der Waals surface area contributed by atoms with Crippen molar-refractivity contribution in [2.24, 2.45) is 4.99 Å². The van der Waals surface area contributed by atoms with Gasteiger partial charge >= 0.3 is 0 Å². The first-order valence-electron chi connectivity index (χ1n) is 3.01. The zero-order chi connectivity index (χ0) is 5.40. The van der Waals surface area contributed by atoms with Crippen LogP contribution in [-0.4, -0.2) is 23.8 Å². The summed E-state index contributed by atoms with van der Waals surface area (Å²) in [6.45, 7) is 5.08. The normalized spacial score (nSPS) is 26.0. The van der Waals surface area contributed by atoms with Gasteiger partial charge in [0.05, 0.1) is 0 Å². The molecule has 2 nitrogen and oxygen atoms in total. The van der Waals surface area contributed by atoms with Gasteiger partial charge in [-0.2, -0.15) is 0 Å². The molecule has 42 valence electrons. The summed E-state index contributed by atoms with van der Waals surface area (Å²) in [6, 6.07) is 0. The first-order chi connectivity index (χ1) is 3.97. The molecule has 0 amide bonds. The van der Waals surface area contributed by atoms with E-state index in [1.54, 1.807) is 0 Å². The summed E-state index contributed by atoms with van der Waals surface area (Å²) in [6.07, 6.45) is 2.47. The molecule has 1 saturated heterocycles. The Morgan fingerprint density at radius 1 is 1.62 bits per heavy atom. The van der Waals surface area contributed by atoms with Gasteiger partial charge in [0.1, 0.15) is 12.4 Å². The molecule has 2 heteroatoms. The van der Waals surface area contributed by atoms with E-state index in [9.17, 15) is 0 Å². The van der Waals surface area contributed by atoms with Crippen molar-refractivity contribution < 1.29 is 0 Å². The van der Waals surface area contributed by atoms with Crippen LogP contribution >= 0.6 is 0 Å². The third-order valence-electron chi connectivity index (χ3n) is 1.66. The second-order valence-corrected chi connectivity index (χ2v) is 2.21. The molecule has 2 radical (unpaired) electrons. The van der Waals surface area contributed by atoms with Gasteiger partial charge in [-0.15, -0.1) is 0 Å². The Morgan fingerprint density at radius 2 is 2.62 bits per heavy atom.